The molecule has 5 aliphatic heterocycles. The minimum atomic E-state index is -3.71. The summed E-state index contributed by atoms with van der Waals surface area (Å²) in [6, 6.07) is 60.2. The van der Waals surface area contributed by atoms with Gasteiger partial charge in [0.1, 0.15) is 11.6 Å². The highest BCUT2D eigenvalue weighted by molar-refractivity contribution is 7.89. The van der Waals surface area contributed by atoms with E-state index in [0.717, 1.165) is 133 Å². The first-order chi connectivity index (χ1) is 49.8. The summed E-state index contributed by atoms with van der Waals surface area (Å²) >= 11 is 1.83. The molecule has 16 nitrogen and oxygen atoms in total. The van der Waals surface area contributed by atoms with Crippen molar-refractivity contribution in [1.82, 2.24) is 35.0 Å². The number of ether oxygens (including phenoxy) is 2. The maximum absolute atomic E-state index is 13.6. The number of methoxy groups -OCH3 is 1. The molecule has 0 bridgehead atoms. The van der Waals surface area contributed by atoms with Gasteiger partial charge in [-0.3, -0.25) is 0 Å². The van der Waals surface area contributed by atoms with Crippen molar-refractivity contribution in [3.8, 4) is 5.75 Å². The average molecular weight is 1420 g/mol. The fraction of sp³-hybridized carbons (Fsp3) is 0.398. The second-order valence-corrected chi connectivity index (χ2v) is 30.9. The molecule has 0 aliphatic carbocycles. The molecule has 0 unspecified atom stereocenters. The van der Waals surface area contributed by atoms with E-state index in [1.54, 1.807) is 37.4 Å². The Bertz CT molecular complexity index is 4620. The third-order valence-corrected chi connectivity index (χ3v) is 23.3. The summed E-state index contributed by atoms with van der Waals surface area (Å²) in [5.74, 6) is 1.53. The van der Waals surface area contributed by atoms with Gasteiger partial charge in [0.05, 0.1) is 12.0 Å². The zero-order chi connectivity index (χ0) is 70.4. The number of piperidine rings is 4. The average Bonchev–Trinajstić information content (AvgIpc) is 1.51. The number of fused-ring (bicyclic) bond motifs is 4. The Morgan fingerprint density at radius 2 is 0.873 bits per heavy atom. The van der Waals surface area contributed by atoms with Crippen LogP contribution in [0.3, 0.4) is 0 Å². The first-order valence-electron chi connectivity index (χ1n) is 36.9. The molecule has 538 valence electrons. The largest absolute Gasteiger partial charge is 0.497 e. The Balaban J connectivity index is 0.000000122. The molecule has 0 atom stereocenters. The van der Waals surface area contributed by atoms with Crippen LogP contribution in [-0.2, 0) is 55.5 Å². The monoisotopic (exact) mass is 1410 g/mol. The lowest BCUT2D eigenvalue weighted by Gasteiger charge is -2.39. The smallest absolute Gasteiger partial charge is 0.238 e. The second kappa shape index (κ2) is 34.4. The third-order valence-electron chi connectivity index (χ3n) is 21.5. The molecule has 5 aliphatic rings. The Morgan fingerprint density at radius 1 is 0.471 bits per heavy atom. The van der Waals surface area contributed by atoms with Gasteiger partial charge in [-0.05, 0) is 283 Å². The van der Waals surface area contributed by atoms with Crippen LogP contribution < -0.4 is 50.7 Å². The van der Waals surface area contributed by atoms with Crippen molar-refractivity contribution in [2.24, 2.45) is 32.2 Å². The number of aromatic nitrogens is 3. The highest BCUT2D eigenvalue weighted by Crippen LogP contribution is 2.35. The summed E-state index contributed by atoms with van der Waals surface area (Å²) in [5, 5.41) is 26.5. The summed E-state index contributed by atoms with van der Waals surface area (Å²) in [6.07, 6.45) is 17.9. The molecule has 5 saturated heterocycles. The summed E-state index contributed by atoms with van der Waals surface area (Å²) in [4.78, 5) is 10.3. The van der Waals surface area contributed by atoms with Crippen molar-refractivity contribution >= 4 is 86.9 Å². The standard InChI is InChI=1S/C22H27N3O.C21H24FN3.C21H26N4O2S.C19H26N2OS/c1-24-13-10-18-15-20(6-7-22(18)24)25(19-8-11-23-12-9-19)16-17-4-3-5-21(14-17)26-2;1-24-12-9-17-14-20(5-6-21(17)24)25(19-7-10-23-11-8-19)15-16-3-2-4-18(22)13-16;1-24-12-9-17-14-19(5-6-21(17)24)25(18-7-10-23-11-8-18)15-16-3-2-4-20(13-16)28(22,26)27;1-2-19-16(7-12-23-19)13-18(1)21(17-3-8-20-9-4-17)14-15-5-10-22-11-6-15/h3-7,10,13-15,19,23H,8-9,11-12,16H2,1-2H3;2-6,9,12-14,19,23H,7-8,10-11,15H2,1H3;2-6,9,12-14,18,23H,7-8,10-11,15H2,1H3,(H2,22,26,27);1-2,7,12-13,15,17,20H,3-6,8-11,14H2. The van der Waals surface area contributed by atoms with Crippen LogP contribution in [0.15, 0.2) is 199 Å². The van der Waals surface area contributed by atoms with Gasteiger partial charge in [-0.15, -0.1) is 11.3 Å². The van der Waals surface area contributed by atoms with Gasteiger partial charge in [-0.2, -0.15) is 0 Å². The number of halogens is 1. The molecule has 11 aromatic rings. The fourth-order valence-corrected chi connectivity index (χ4v) is 17.1. The highest BCUT2D eigenvalue weighted by atomic mass is 32.2. The minimum absolute atomic E-state index is 0.161. The van der Waals surface area contributed by atoms with E-state index in [1.807, 2.05) is 36.6 Å². The van der Waals surface area contributed by atoms with E-state index in [2.05, 4.69) is 208 Å². The molecule has 0 spiro atoms. The van der Waals surface area contributed by atoms with Crippen molar-refractivity contribution in [3.63, 3.8) is 0 Å². The predicted octanol–water partition coefficient (Wildman–Crippen LogP) is 14.5. The van der Waals surface area contributed by atoms with Crippen molar-refractivity contribution < 1.29 is 22.3 Å². The number of rotatable bonds is 18. The van der Waals surface area contributed by atoms with Crippen LogP contribution in [0, 0.1) is 11.7 Å². The molecule has 0 radical (unpaired) electrons. The molecular formula is C83H103FN12O4S2. The number of nitrogens with two attached hydrogens (primary N) is 1. The molecule has 0 amide bonds. The van der Waals surface area contributed by atoms with Gasteiger partial charge in [-0.1, -0.05) is 36.4 Å². The maximum Gasteiger partial charge on any atom is 0.238 e. The van der Waals surface area contributed by atoms with Gasteiger partial charge in [0.25, 0.3) is 0 Å². The molecule has 102 heavy (non-hydrogen) atoms. The van der Waals surface area contributed by atoms with Gasteiger partial charge < -0.3 is 64.0 Å². The van der Waals surface area contributed by atoms with Crippen LogP contribution in [-0.4, -0.2) is 126 Å². The summed E-state index contributed by atoms with van der Waals surface area (Å²) in [6.45, 7) is 13.9. The van der Waals surface area contributed by atoms with Gasteiger partial charge in [0, 0.05) is 163 Å². The fourth-order valence-electron chi connectivity index (χ4n) is 15.7. The van der Waals surface area contributed by atoms with Crippen LogP contribution in [0.2, 0.25) is 0 Å². The van der Waals surface area contributed by atoms with E-state index in [-0.39, 0.29) is 10.7 Å². The number of nitrogens with one attached hydrogen (secondary N) is 4. The number of sulfonamides is 1. The van der Waals surface area contributed by atoms with Crippen LogP contribution in [0.25, 0.3) is 42.8 Å². The quantitative estimate of drug-likeness (QED) is 0.0555. The zero-order valence-corrected chi connectivity index (χ0v) is 61.5. The number of aryl methyl sites for hydroxylation is 3. The van der Waals surface area contributed by atoms with Crippen LogP contribution in [0.1, 0.15) is 80.9 Å². The lowest BCUT2D eigenvalue weighted by Crippen LogP contribution is -2.45. The summed E-state index contributed by atoms with van der Waals surface area (Å²) < 4.78 is 55.9. The normalized spacial score (nSPS) is 16.8. The maximum atomic E-state index is 13.6. The molecule has 16 rings (SSSR count). The van der Waals surface area contributed by atoms with Crippen molar-refractivity contribution in [2.45, 2.75) is 113 Å². The van der Waals surface area contributed by atoms with E-state index < -0.39 is 10.0 Å². The minimum Gasteiger partial charge on any atom is -0.497 e. The summed E-state index contributed by atoms with van der Waals surface area (Å²) in [7, 11) is 4.24. The number of benzene rings is 7. The van der Waals surface area contributed by atoms with E-state index in [1.165, 1.54) is 117 Å². The molecular weight excluding hydrogens is 1310 g/mol. The predicted molar refractivity (Wildman–Crippen MR) is 421 cm³/mol. The molecule has 4 aromatic heterocycles. The Kier molecular flexibility index (Phi) is 24.3. The highest BCUT2D eigenvalue weighted by Gasteiger charge is 2.28. The van der Waals surface area contributed by atoms with Gasteiger partial charge in [0.15, 0.2) is 0 Å². The molecule has 5 fully saturated rings. The summed E-state index contributed by atoms with van der Waals surface area (Å²) in [5.41, 5.74) is 12.1. The number of hydrogen-bond acceptors (Lipinski definition) is 13. The Hall–Kier alpha value is -8.24. The van der Waals surface area contributed by atoms with Crippen molar-refractivity contribution in [3.05, 3.63) is 216 Å². The Morgan fingerprint density at radius 3 is 1.32 bits per heavy atom. The van der Waals surface area contributed by atoms with Crippen molar-refractivity contribution in [2.75, 3.05) is 98.8 Å². The molecule has 9 heterocycles. The zero-order valence-electron chi connectivity index (χ0n) is 59.9. The van der Waals surface area contributed by atoms with E-state index in [4.69, 9.17) is 14.6 Å². The number of nitrogens with zero attached hydrogens (tertiary/aromatic N) is 7. The number of thiophene rings is 1. The molecule has 19 heteroatoms. The van der Waals surface area contributed by atoms with Crippen molar-refractivity contribution in [1.29, 1.82) is 0 Å². The second-order valence-electron chi connectivity index (χ2n) is 28.3. The molecule has 7 aromatic carbocycles. The van der Waals surface area contributed by atoms with E-state index in [0.29, 0.717) is 30.7 Å². The molecule has 6 N–H and O–H groups in total. The first kappa shape index (κ1) is 72.1. The molecule has 0 saturated carbocycles. The third kappa shape index (κ3) is 18.4. The SMILES string of the molecule is COc1cccc(CN(c2ccc3c(ccn3C)c2)C2CCNCC2)c1.Cn1ccc2cc(N(Cc3cccc(F)c3)C3CCNCC3)ccc21.Cn1ccc2cc(N(Cc3cccc(S(N)(=O)=O)c3)C3CCNCC3)ccc21.c1cc2cc(N(CC3CCOCC3)C3CCNCC3)ccc2s1. The van der Waals surface area contributed by atoms with Crippen LogP contribution in [0.5, 0.6) is 5.75 Å². The lowest BCUT2D eigenvalue weighted by molar-refractivity contribution is 0.0674. The van der Waals surface area contributed by atoms with Gasteiger partial charge in [0.2, 0.25) is 10.0 Å². The van der Waals surface area contributed by atoms with Crippen LogP contribution in [0.4, 0.5) is 27.1 Å². The topological polar surface area (TPSA) is 154 Å². The number of primary sulfonamides is 1. The van der Waals surface area contributed by atoms with Gasteiger partial charge >= 0.3 is 0 Å². The van der Waals surface area contributed by atoms with Gasteiger partial charge in [-0.25, -0.2) is 17.9 Å². The Labute approximate surface area is 606 Å². The lowest BCUT2D eigenvalue weighted by atomic mass is 9.96. The van der Waals surface area contributed by atoms with Crippen LogP contribution >= 0.6 is 11.3 Å². The number of anilines is 4. The first-order valence-corrected chi connectivity index (χ1v) is 39.3. The van der Waals surface area contributed by atoms with E-state index in [9.17, 15) is 12.8 Å². The number of hydrogen-bond donors (Lipinski definition) is 5. The van der Waals surface area contributed by atoms with E-state index >= 15 is 0 Å².